The van der Waals surface area contributed by atoms with E-state index in [1.165, 1.54) is 37.7 Å². The van der Waals surface area contributed by atoms with Gasteiger partial charge in [0.15, 0.2) is 0 Å². The minimum Gasteiger partial charge on any atom is -0.302 e. The van der Waals surface area contributed by atoms with Crippen molar-refractivity contribution >= 4 is 11.6 Å². The predicted octanol–water partition coefficient (Wildman–Crippen LogP) is 3.92. The van der Waals surface area contributed by atoms with Crippen LogP contribution in [0.15, 0.2) is 18.3 Å². The zero-order valence-corrected chi connectivity index (χ0v) is 11.5. The van der Waals surface area contributed by atoms with Gasteiger partial charge in [-0.2, -0.15) is 0 Å². The van der Waals surface area contributed by atoms with Crippen LogP contribution in [-0.2, 0) is 0 Å². The molecule has 0 bridgehead atoms. The highest BCUT2D eigenvalue weighted by atomic mass is 35.5. The van der Waals surface area contributed by atoms with E-state index in [2.05, 4.69) is 30.0 Å². The van der Waals surface area contributed by atoms with E-state index in [9.17, 15) is 0 Å². The molecule has 3 heteroatoms. The second-order valence-corrected chi connectivity index (χ2v) is 5.55. The van der Waals surface area contributed by atoms with E-state index >= 15 is 0 Å². The highest BCUT2D eigenvalue weighted by Gasteiger charge is 2.28. The SMILES string of the molecule is CN(C)C(c1cccnc1Cl)C1CCCCC1. The van der Waals surface area contributed by atoms with Crippen LogP contribution in [0.4, 0.5) is 0 Å². The first kappa shape index (κ1) is 12.8. The van der Waals surface area contributed by atoms with Crippen molar-refractivity contribution in [1.29, 1.82) is 0 Å². The molecule has 2 nitrogen and oxygen atoms in total. The zero-order valence-electron chi connectivity index (χ0n) is 10.7. The molecule has 94 valence electrons. The highest BCUT2D eigenvalue weighted by Crippen LogP contribution is 2.38. The molecule has 1 fully saturated rings. The number of halogens is 1. The molecule has 0 aliphatic heterocycles. The van der Waals surface area contributed by atoms with E-state index in [0.717, 1.165) is 5.92 Å². The summed E-state index contributed by atoms with van der Waals surface area (Å²) in [5, 5.41) is 0.664. The fraction of sp³-hybridized carbons (Fsp3) is 0.643. The van der Waals surface area contributed by atoms with E-state index in [0.29, 0.717) is 11.2 Å². The van der Waals surface area contributed by atoms with Crippen molar-refractivity contribution in [2.24, 2.45) is 5.92 Å². The third-order valence-electron chi connectivity index (χ3n) is 3.76. The maximum absolute atomic E-state index is 6.24. The Bertz CT molecular complexity index is 359. The summed E-state index contributed by atoms with van der Waals surface area (Å²) >= 11 is 6.24. The van der Waals surface area contributed by atoms with Gasteiger partial charge >= 0.3 is 0 Å². The number of rotatable bonds is 3. The summed E-state index contributed by atoms with van der Waals surface area (Å²) in [5.74, 6) is 0.723. The Labute approximate surface area is 109 Å². The number of hydrogen-bond acceptors (Lipinski definition) is 2. The molecule has 1 aromatic heterocycles. The molecule has 1 heterocycles. The van der Waals surface area contributed by atoms with E-state index in [-0.39, 0.29) is 0 Å². The van der Waals surface area contributed by atoms with Crippen LogP contribution >= 0.6 is 11.6 Å². The van der Waals surface area contributed by atoms with Gasteiger partial charge in [0.25, 0.3) is 0 Å². The van der Waals surface area contributed by atoms with Crippen molar-refractivity contribution in [3.63, 3.8) is 0 Å². The Kier molecular flexibility index (Phi) is 4.41. The average molecular weight is 253 g/mol. The smallest absolute Gasteiger partial charge is 0.133 e. The average Bonchev–Trinajstić information content (AvgIpc) is 2.33. The first-order valence-electron chi connectivity index (χ1n) is 6.47. The Morgan fingerprint density at radius 1 is 1.29 bits per heavy atom. The van der Waals surface area contributed by atoms with E-state index in [1.54, 1.807) is 6.20 Å². The molecule has 1 aromatic rings. The van der Waals surface area contributed by atoms with E-state index < -0.39 is 0 Å². The number of nitrogens with zero attached hydrogens (tertiary/aromatic N) is 2. The lowest BCUT2D eigenvalue weighted by molar-refractivity contribution is 0.171. The fourth-order valence-electron chi connectivity index (χ4n) is 3.02. The summed E-state index contributed by atoms with van der Waals surface area (Å²) < 4.78 is 0. The van der Waals surface area contributed by atoms with Crippen molar-refractivity contribution < 1.29 is 0 Å². The third-order valence-corrected chi connectivity index (χ3v) is 4.08. The van der Waals surface area contributed by atoms with E-state index in [4.69, 9.17) is 11.6 Å². The molecule has 17 heavy (non-hydrogen) atoms. The van der Waals surface area contributed by atoms with Crippen LogP contribution in [0.2, 0.25) is 5.15 Å². The summed E-state index contributed by atoms with van der Waals surface area (Å²) in [6, 6.07) is 4.52. The predicted molar refractivity (Wildman–Crippen MR) is 72.3 cm³/mol. The van der Waals surface area contributed by atoms with Gasteiger partial charge < -0.3 is 4.90 Å². The second kappa shape index (κ2) is 5.83. The standard InChI is InChI=1S/C14H21ClN2/c1-17(2)13(11-7-4-3-5-8-11)12-9-6-10-16-14(12)15/h6,9-11,13H,3-5,7-8H2,1-2H3. The highest BCUT2D eigenvalue weighted by molar-refractivity contribution is 6.30. The van der Waals surface area contributed by atoms with Crippen LogP contribution in [0, 0.1) is 5.92 Å². The van der Waals surface area contributed by atoms with Crippen molar-refractivity contribution in [2.45, 2.75) is 38.1 Å². The lowest BCUT2D eigenvalue weighted by Crippen LogP contribution is -2.29. The first-order chi connectivity index (χ1) is 8.20. The fourth-order valence-corrected chi connectivity index (χ4v) is 3.25. The largest absolute Gasteiger partial charge is 0.302 e. The molecule has 1 saturated carbocycles. The summed E-state index contributed by atoms with van der Waals surface area (Å²) in [5.41, 5.74) is 1.19. The lowest BCUT2D eigenvalue weighted by atomic mass is 9.81. The molecule has 0 aromatic carbocycles. The Morgan fingerprint density at radius 3 is 2.59 bits per heavy atom. The second-order valence-electron chi connectivity index (χ2n) is 5.19. The minimum absolute atomic E-state index is 0.413. The molecule has 2 rings (SSSR count). The summed E-state index contributed by atoms with van der Waals surface area (Å²) in [6.45, 7) is 0. The van der Waals surface area contributed by atoms with Gasteiger partial charge in [-0.25, -0.2) is 4.98 Å². The van der Waals surface area contributed by atoms with Gasteiger partial charge in [0.2, 0.25) is 0 Å². The number of pyridine rings is 1. The number of hydrogen-bond donors (Lipinski definition) is 0. The summed E-state index contributed by atoms with van der Waals surface area (Å²) in [6.07, 6.45) is 8.48. The van der Waals surface area contributed by atoms with Crippen LogP contribution in [0.3, 0.4) is 0 Å². The van der Waals surface area contributed by atoms with Gasteiger partial charge in [-0.15, -0.1) is 0 Å². The topological polar surface area (TPSA) is 16.1 Å². The third kappa shape index (κ3) is 2.99. The molecule has 1 aliphatic carbocycles. The van der Waals surface area contributed by atoms with Gasteiger partial charge in [0.1, 0.15) is 5.15 Å². The van der Waals surface area contributed by atoms with Crippen molar-refractivity contribution in [1.82, 2.24) is 9.88 Å². The van der Waals surface area contributed by atoms with Crippen LogP contribution < -0.4 is 0 Å². The first-order valence-corrected chi connectivity index (χ1v) is 6.85. The van der Waals surface area contributed by atoms with Crippen molar-refractivity contribution in [2.75, 3.05) is 14.1 Å². The molecule has 1 aliphatic rings. The van der Waals surface area contributed by atoms with Crippen LogP contribution in [0.5, 0.6) is 0 Å². The van der Waals surface area contributed by atoms with Crippen LogP contribution in [0.1, 0.15) is 43.7 Å². The van der Waals surface area contributed by atoms with Crippen molar-refractivity contribution in [3.8, 4) is 0 Å². The molecule has 1 unspecified atom stereocenters. The molecule has 0 radical (unpaired) electrons. The molecule has 0 spiro atoms. The molecular weight excluding hydrogens is 232 g/mol. The van der Waals surface area contributed by atoms with Gasteiger partial charge in [0.05, 0.1) is 0 Å². The Morgan fingerprint density at radius 2 is 2.00 bits per heavy atom. The number of aromatic nitrogens is 1. The van der Waals surface area contributed by atoms with Crippen LogP contribution in [-0.4, -0.2) is 24.0 Å². The van der Waals surface area contributed by atoms with Crippen molar-refractivity contribution in [3.05, 3.63) is 29.0 Å². The van der Waals surface area contributed by atoms with Crippen LogP contribution in [0.25, 0.3) is 0 Å². The normalized spacial score (nSPS) is 19.5. The maximum atomic E-state index is 6.24. The van der Waals surface area contributed by atoms with Gasteiger partial charge in [-0.05, 0) is 38.9 Å². The van der Waals surface area contributed by atoms with Gasteiger partial charge in [-0.3, -0.25) is 0 Å². The lowest BCUT2D eigenvalue weighted by Gasteiger charge is -2.35. The quantitative estimate of drug-likeness (QED) is 0.758. The zero-order chi connectivity index (χ0) is 12.3. The molecular formula is C14H21ClN2. The van der Waals surface area contributed by atoms with Gasteiger partial charge in [0, 0.05) is 17.8 Å². The Hall–Kier alpha value is -0.600. The summed E-state index contributed by atoms with van der Waals surface area (Å²) in [7, 11) is 4.28. The summed E-state index contributed by atoms with van der Waals surface area (Å²) in [4.78, 5) is 6.51. The Balaban J connectivity index is 2.25. The molecule has 1 atom stereocenters. The minimum atomic E-state index is 0.413. The molecule has 0 N–H and O–H groups in total. The van der Waals surface area contributed by atoms with E-state index in [1.807, 2.05) is 6.07 Å². The molecule has 0 saturated heterocycles. The molecule has 0 amide bonds. The maximum Gasteiger partial charge on any atom is 0.133 e. The monoisotopic (exact) mass is 252 g/mol. The van der Waals surface area contributed by atoms with Gasteiger partial charge in [-0.1, -0.05) is 36.9 Å².